The summed E-state index contributed by atoms with van der Waals surface area (Å²) in [6, 6.07) is 12.5. The first-order chi connectivity index (χ1) is 19.2. The number of fused-ring (bicyclic) bond motifs is 6. The first-order valence-electron chi connectivity index (χ1n) is 14.3. The fourth-order valence-corrected chi connectivity index (χ4v) is 9.87. The average Bonchev–Trinajstić information content (AvgIpc) is 2.80. The first kappa shape index (κ1) is 31.7. The molecule has 0 spiro atoms. The van der Waals surface area contributed by atoms with Gasteiger partial charge in [0.25, 0.3) is 0 Å². The van der Waals surface area contributed by atoms with Crippen molar-refractivity contribution in [3.63, 3.8) is 0 Å². The van der Waals surface area contributed by atoms with Crippen molar-refractivity contribution < 1.29 is 28.6 Å². The summed E-state index contributed by atoms with van der Waals surface area (Å²) in [5.41, 5.74) is 0. The molecule has 0 radical (unpaired) electrons. The van der Waals surface area contributed by atoms with Gasteiger partial charge in [0.1, 0.15) is 17.2 Å². The zero-order valence-electron chi connectivity index (χ0n) is 26.9. The lowest BCUT2D eigenvalue weighted by Crippen LogP contribution is -2.40. The molecule has 9 heteroatoms. The number of hydrogen-bond donors (Lipinski definition) is 0. The van der Waals surface area contributed by atoms with Crippen LogP contribution in [-0.2, 0) is 14.4 Å². The molecule has 0 fully saturated rings. The second kappa shape index (κ2) is 10.8. The number of rotatable bonds is 6. The van der Waals surface area contributed by atoms with Gasteiger partial charge in [-0.15, -0.1) is 0 Å². The molecule has 0 aliphatic carbocycles. The van der Waals surface area contributed by atoms with E-state index in [-0.39, 0.29) is 17.9 Å². The second-order valence-corrected chi connectivity index (χ2v) is 29.3. The Morgan fingerprint density at radius 3 is 0.762 bits per heavy atom. The van der Waals surface area contributed by atoms with Crippen LogP contribution >= 0.6 is 0 Å². The molecule has 42 heavy (non-hydrogen) atoms. The molecule has 0 aliphatic heterocycles. The normalized spacial score (nSPS) is 12.6. The van der Waals surface area contributed by atoms with Crippen LogP contribution in [0.5, 0.6) is 17.2 Å². The monoisotopic (exact) mass is 618 g/mol. The molecule has 4 aromatic carbocycles. The van der Waals surface area contributed by atoms with Crippen LogP contribution in [0.25, 0.3) is 32.3 Å². The number of hydrogen-bond acceptors (Lipinski definition) is 6. The zero-order valence-corrected chi connectivity index (χ0v) is 29.9. The molecule has 0 saturated carbocycles. The standard InChI is InChI=1S/C33H42O6Si3/c1-19(34)37-28-13-22-23-14-29(38-20(2)35)32(41(7,8)9)17-26(23)27-18-33(42(10,11)12)30(39-21(3)36)15-24(27)25(22)16-31(28)40(4,5)6/h13-18H,1-12H3. The molecule has 4 rings (SSSR count). The lowest BCUT2D eigenvalue weighted by molar-refractivity contribution is -0.132. The van der Waals surface area contributed by atoms with Gasteiger partial charge < -0.3 is 14.2 Å². The highest BCUT2D eigenvalue weighted by molar-refractivity contribution is 6.90. The van der Waals surface area contributed by atoms with Gasteiger partial charge in [0, 0.05) is 20.8 Å². The molecule has 0 aromatic heterocycles. The molecule has 4 aromatic rings. The van der Waals surface area contributed by atoms with E-state index in [1.165, 1.54) is 20.8 Å². The van der Waals surface area contributed by atoms with E-state index in [2.05, 4.69) is 77.1 Å². The summed E-state index contributed by atoms with van der Waals surface area (Å²) in [4.78, 5) is 36.7. The Bertz CT molecular complexity index is 1790. The van der Waals surface area contributed by atoms with Crippen LogP contribution in [0.15, 0.2) is 36.4 Å². The SMILES string of the molecule is CC(=O)Oc1cc2c3cc(OC(C)=O)c([Si](C)(C)C)cc3c3cc([Si](C)(C)C)c(OC(C)=O)cc3c2cc1[Si](C)(C)C. The van der Waals surface area contributed by atoms with Crippen LogP contribution in [0.3, 0.4) is 0 Å². The lowest BCUT2D eigenvalue weighted by atomic mass is 9.93. The van der Waals surface area contributed by atoms with Crippen LogP contribution in [0.1, 0.15) is 20.8 Å². The van der Waals surface area contributed by atoms with Gasteiger partial charge in [-0.3, -0.25) is 14.4 Å². The van der Waals surface area contributed by atoms with Crippen LogP contribution in [0.4, 0.5) is 0 Å². The predicted octanol–water partition coefficient (Wildman–Crippen LogP) is 6.56. The minimum Gasteiger partial charge on any atom is -0.427 e. The Kier molecular flexibility index (Phi) is 8.12. The third kappa shape index (κ3) is 6.23. The van der Waals surface area contributed by atoms with Gasteiger partial charge in [0.2, 0.25) is 0 Å². The van der Waals surface area contributed by atoms with Crippen molar-refractivity contribution in [2.75, 3.05) is 0 Å². The van der Waals surface area contributed by atoms with Crippen molar-refractivity contribution in [3.05, 3.63) is 36.4 Å². The maximum atomic E-state index is 12.2. The molecule has 0 atom stereocenters. The maximum absolute atomic E-state index is 12.2. The molecular weight excluding hydrogens is 577 g/mol. The highest BCUT2D eigenvalue weighted by atomic mass is 28.3. The van der Waals surface area contributed by atoms with Crippen LogP contribution in [0, 0.1) is 0 Å². The van der Waals surface area contributed by atoms with E-state index in [1.807, 2.05) is 18.2 Å². The van der Waals surface area contributed by atoms with Gasteiger partial charge in [0.15, 0.2) is 0 Å². The highest BCUT2D eigenvalue weighted by Crippen LogP contribution is 2.40. The summed E-state index contributed by atoms with van der Waals surface area (Å²) in [5, 5.41) is 8.93. The smallest absolute Gasteiger partial charge is 0.308 e. The van der Waals surface area contributed by atoms with Gasteiger partial charge in [0.05, 0.1) is 24.2 Å². The van der Waals surface area contributed by atoms with E-state index in [1.54, 1.807) is 0 Å². The fourth-order valence-electron chi connectivity index (χ4n) is 5.55. The Labute approximate surface area is 251 Å². The molecule has 222 valence electrons. The zero-order chi connectivity index (χ0) is 31.5. The topological polar surface area (TPSA) is 78.9 Å². The third-order valence-electron chi connectivity index (χ3n) is 7.41. The Balaban J connectivity index is 2.36. The predicted molar refractivity (Wildman–Crippen MR) is 182 cm³/mol. The van der Waals surface area contributed by atoms with Crippen molar-refractivity contribution >= 4 is 90.0 Å². The van der Waals surface area contributed by atoms with E-state index in [4.69, 9.17) is 14.2 Å². The van der Waals surface area contributed by atoms with Gasteiger partial charge in [-0.2, -0.15) is 0 Å². The summed E-state index contributed by atoms with van der Waals surface area (Å²) >= 11 is 0. The van der Waals surface area contributed by atoms with Crippen molar-refractivity contribution in [3.8, 4) is 17.2 Å². The van der Waals surface area contributed by atoms with Gasteiger partial charge in [-0.1, -0.05) is 77.1 Å². The number of benzene rings is 4. The largest absolute Gasteiger partial charge is 0.427 e. The van der Waals surface area contributed by atoms with Crippen molar-refractivity contribution in [1.82, 2.24) is 0 Å². The molecular formula is C33H42O6Si3. The Morgan fingerprint density at radius 2 is 0.595 bits per heavy atom. The number of ether oxygens (including phenoxy) is 3. The summed E-state index contributed by atoms with van der Waals surface area (Å²) in [6.45, 7) is 24.3. The molecule has 0 aliphatic rings. The fraction of sp³-hybridized carbons (Fsp3) is 0.364. The van der Waals surface area contributed by atoms with Crippen molar-refractivity contribution in [1.29, 1.82) is 0 Å². The summed E-state index contributed by atoms with van der Waals surface area (Å²) < 4.78 is 17.5. The van der Waals surface area contributed by atoms with Crippen molar-refractivity contribution in [2.24, 2.45) is 0 Å². The lowest BCUT2D eigenvalue weighted by Gasteiger charge is -2.26. The van der Waals surface area contributed by atoms with E-state index >= 15 is 0 Å². The number of esters is 3. The van der Waals surface area contributed by atoms with Crippen molar-refractivity contribution in [2.45, 2.75) is 79.7 Å². The van der Waals surface area contributed by atoms with E-state index in [0.29, 0.717) is 17.2 Å². The highest BCUT2D eigenvalue weighted by Gasteiger charge is 2.29. The molecule has 0 unspecified atom stereocenters. The molecule has 0 heterocycles. The quantitative estimate of drug-likeness (QED) is 0.105. The second-order valence-electron chi connectivity index (χ2n) is 14.2. The summed E-state index contributed by atoms with van der Waals surface area (Å²) in [7, 11) is -5.91. The number of carbonyl (C=O) groups excluding carboxylic acids is 3. The van der Waals surface area contributed by atoms with Gasteiger partial charge in [-0.05, 0) is 66.1 Å². The molecule has 6 nitrogen and oxygen atoms in total. The van der Waals surface area contributed by atoms with E-state index in [0.717, 1.165) is 47.9 Å². The Morgan fingerprint density at radius 1 is 0.405 bits per heavy atom. The molecule has 0 amide bonds. The summed E-state index contributed by atoms with van der Waals surface area (Å²) in [6.07, 6.45) is 0. The molecule has 0 bridgehead atoms. The minimum atomic E-state index is -1.98. The van der Waals surface area contributed by atoms with Crippen LogP contribution < -0.4 is 29.8 Å². The van der Waals surface area contributed by atoms with Crippen LogP contribution in [-0.4, -0.2) is 42.1 Å². The maximum Gasteiger partial charge on any atom is 0.308 e. The van der Waals surface area contributed by atoms with Crippen LogP contribution in [0.2, 0.25) is 58.9 Å². The molecule has 0 N–H and O–H groups in total. The molecule has 0 saturated heterocycles. The first-order valence-corrected chi connectivity index (χ1v) is 24.8. The Hall–Kier alpha value is -3.28. The van der Waals surface area contributed by atoms with Gasteiger partial charge >= 0.3 is 17.9 Å². The summed E-state index contributed by atoms with van der Waals surface area (Å²) in [5.74, 6) is 0.614. The van der Waals surface area contributed by atoms with E-state index < -0.39 is 24.2 Å². The minimum absolute atomic E-state index is 0.356. The van der Waals surface area contributed by atoms with Gasteiger partial charge in [-0.25, -0.2) is 0 Å². The number of carbonyl (C=O) groups is 3. The third-order valence-corrected chi connectivity index (χ3v) is 13.4. The average molecular weight is 619 g/mol. The van der Waals surface area contributed by atoms with E-state index in [9.17, 15) is 14.4 Å².